The number of carbonyl (C=O) groups excluding carboxylic acids is 1. The minimum absolute atomic E-state index is 0.0773. The first-order chi connectivity index (χ1) is 11.8. The molecule has 5 nitrogen and oxygen atoms in total. The van der Waals surface area contributed by atoms with E-state index in [1.807, 2.05) is 39.0 Å². The van der Waals surface area contributed by atoms with E-state index in [0.717, 1.165) is 22.3 Å². The molecule has 1 aromatic rings. The number of allylic oxidation sites excluding steroid dienone is 6. The Bertz CT molecular complexity index is 737. The smallest absolute Gasteiger partial charge is 0.330 e. The SMILES string of the molecule is CCOC(=O)/C=C/C(C)=C\C(C)=C/C(C)=C/c1ccc([N+](=O)[O-])cc1. The van der Waals surface area contributed by atoms with Gasteiger partial charge in [-0.3, -0.25) is 10.1 Å². The number of rotatable bonds is 7. The minimum Gasteiger partial charge on any atom is -0.463 e. The van der Waals surface area contributed by atoms with Crippen molar-refractivity contribution in [2.75, 3.05) is 6.61 Å². The quantitative estimate of drug-likeness (QED) is 0.230. The molecule has 0 aliphatic heterocycles. The molecule has 5 heteroatoms. The second-order valence-electron chi connectivity index (χ2n) is 5.60. The molecule has 0 atom stereocenters. The standard InChI is InChI=1S/C20H23NO4/c1-5-25-20(22)11-6-15(2)12-16(3)13-17(4)14-18-7-9-19(10-8-18)21(23)24/h6-14H,5H2,1-4H3/b11-6+,15-12-,16-13-,17-14+. The number of nitrogens with zero attached hydrogens (tertiary/aromatic N) is 1. The monoisotopic (exact) mass is 341 g/mol. The van der Waals surface area contributed by atoms with Gasteiger partial charge in [-0.2, -0.15) is 0 Å². The molecule has 0 N–H and O–H groups in total. The minimum atomic E-state index is -0.415. The van der Waals surface area contributed by atoms with Crippen LogP contribution in [0.1, 0.15) is 33.3 Å². The average molecular weight is 341 g/mol. The van der Waals surface area contributed by atoms with Crippen molar-refractivity contribution in [1.29, 1.82) is 0 Å². The largest absolute Gasteiger partial charge is 0.463 e. The molecular formula is C20H23NO4. The van der Waals surface area contributed by atoms with E-state index in [0.29, 0.717) is 6.61 Å². The van der Waals surface area contributed by atoms with Gasteiger partial charge in [-0.25, -0.2) is 4.79 Å². The van der Waals surface area contributed by atoms with Crippen LogP contribution in [0, 0.1) is 10.1 Å². The van der Waals surface area contributed by atoms with E-state index in [1.165, 1.54) is 18.2 Å². The number of ether oxygens (including phenoxy) is 1. The van der Waals surface area contributed by atoms with Crippen molar-refractivity contribution in [3.8, 4) is 0 Å². The van der Waals surface area contributed by atoms with Gasteiger partial charge in [0.15, 0.2) is 0 Å². The highest BCUT2D eigenvalue weighted by Crippen LogP contribution is 2.15. The lowest BCUT2D eigenvalue weighted by atomic mass is 10.1. The van der Waals surface area contributed by atoms with Crippen LogP contribution in [-0.2, 0) is 9.53 Å². The molecule has 0 heterocycles. The van der Waals surface area contributed by atoms with Crippen LogP contribution in [0.25, 0.3) is 6.08 Å². The maximum absolute atomic E-state index is 11.3. The zero-order valence-electron chi connectivity index (χ0n) is 15.0. The van der Waals surface area contributed by atoms with Crippen LogP contribution in [0.15, 0.2) is 65.3 Å². The average Bonchev–Trinajstić information content (AvgIpc) is 2.53. The van der Waals surface area contributed by atoms with E-state index in [4.69, 9.17) is 4.74 Å². The van der Waals surface area contributed by atoms with Crippen LogP contribution in [-0.4, -0.2) is 17.5 Å². The fourth-order valence-electron chi connectivity index (χ4n) is 2.19. The molecule has 25 heavy (non-hydrogen) atoms. The second kappa shape index (κ2) is 10.0. The first kappa shape index (κ1) is 20.1. The predicted molar refractivity (Wildman–Crippen MR) is 100 cm³/mol. The van der Waals surface area contributed by atoms with Crippen LogP contribution in [0.3, 0.4) is 0 Å². The van der Waals surface area contributed by atoms with Crippen molar-refractivity contribution in [2.45, 2.75) is 27.7 Å². The third-order valence-corrected chi connectivity index (χ3v) is 3.18. The molecule has 0 unspecified atom stereocenters. The van der Waals surface area contributed by atoms with Crippen molar-refractivity contribution >= 4 is 17.7 Å². The highest BCUT2D eigenvalue weighted by Gasteiger charge is 2.02. The van der Waals surface area contributed by atoms with Crippen molar-refractivity contribution in [3.05, 3.63) is 81.0 Å². The van der Waals surface area contributed by atoms with E-state index in [-0.39, 0.29) is 11.7 Å². The maximum atomic E-state index is 11.3. The number of nitro groups is 1. The van der Waals surface area contributed by atoms with E-state index in [1.54, 1.807) is 25.1 Å². The number of hydrogen-bond acceptors (Lipinski definition) is 4. The summed E-state index contributed by atoms with van der Waals surface area (Å²) in [4.78, 5) is 21.5. The van der Waals surface area contributed by atoms with Gasteiger partial charge in [-0.15, -0.1) is 0 Å². The molecule has 0 fully saturated rings. The molecule has 0 spiro atoms. The van der Waals surface area contributed by atoms with Crippen molar-refractivity contribution < 1.29 is 14.5 Å². The maximum Gasteiger partial charge on any atom is 0.330 e. The molecule has 0 aromatic heterocycles. The summed E-state index contributed by atoms with van der Waals surface area (Å²) in [6, 6.07) is 6.40. The summed E-state index contributed by atoms with van der Waals surface area (Å²) < 4.78 is 4.83. The van der Waals surface area contributed by atoms with E-state index in [9.17, 15) is 14.9 Å². The summed E-state index contributed by atoms with van der Waals surface area (Å²) in [5.74, 6) is -0.355. The first-order valence-electron chi connectivity index (χ1n) is 7.96. The molecule has 0 aliphatic carbocycles. The first-order valence-corrected chi connectivity index (χ1v) is 7.96. The summed E-state index contributed by atoms with van der Waals surface area (Å²) in [7, 11) is 0. The molecular weight excluding hydrogens is 318 g/mol. The Morgan fingerprint density at radius 3 is 2.20 bits per heavy atom. The Hall–Kier alpha value is -2.95. The Labute approximate surface area is 148 Å². The zero-order valence-corrected chi connectivity index (χ0v) is 15.0. The molecule has 0 radical (unpaired) electrons. The van der Waals surface area contributed by atoms with Crippen molar-refractivity contribution in [1.82, 2.24) is 0 Å². The Morgan fingerprint density at radius 1 is 1.04 bits per heavy atom. The Balaban J connectivity index is 2.80. The molecule has 0 saturated carbocycles. The Morgan fingerprint density at radius 2 is 1.64 bits per heavy atom. The van der Waals surface area contributed by atoms with Crippen LogP contribution >= 0.6 is 0 Å². The topological polar surface area (TPSA) is 69.4 Å². The van der Waals surface area contributed by atoms with Crippen LogP contribution in [0.4, 0.5) is 5.69 Å². The Kier molecular flexibility index (Phi) is 8.06. The van der Waals surface area contributed by atoms with E-state index < -0.39 is 4.92 Å². The number of hydrogen-bond donors (Lipinski definition) is 0. The van der Waals surface area contributed by atoms with Gasteiger partial charge in [0, 0.05) is 18.2 Å². The predicted octanol–water partition coefficient (Wildman–Crippen LogP) is 5.01. The van der Waals surface area contributed by atoms with Gasteiger partial charge in [0.2, 0.25) is 0 Å². The number of non-ortho nitro benzene ring substituents is 1. The lowest BCUT2D eigenvalue weighted by molar-refractivity contribution is -0.384. The summed E-state index contributed by atoms with van der Waals surface area (Å²) in [6.07, 6.45) is 9.03. The van der Waals surface area contributed by atoms with Crippen LogP contribution in [0.2, 0.25) is 0 Å². The molecule has 0 bridgehead atoms. The van der Waals surface area contributed by atoms with Gasteiger partial charge in [-0.1, -0.05) is 41.0 Å². The lowest BCUT2D eigenvalue weighted by Gasteiger charge is -1.99. The number of carbonyl (C=O) groups is 1. The van der Waals surface area contributed by atoms with Crippen LogP contribution < -0.4 is 0 Å². The number of esters is 1. The summed E-state index contributed by atoms with van der Waals surface area (Å²) in [5.41, 5.74) is 3.96. The number of benzene rings is 1. The van der Waals surface area contributed by atoms with Crippen molar-refractivity contribution in [3.63, 3.8) is 0 Å². The highest BCUT2D eigenvalue weighted by atomic mass is 16.6. The van der Waals surface area contributed by atoms with Crippen molar-refractivity contribution in [2.24, 2.45) is 0 Å². The molecule has 0 amide bonds. The van der Waals surface area contributed by atoms with E-state index >= 15 is 0 Å². The van der Waals surface area contributed by atoms with Gasteiger partial charge in [0.05, 0.1) is 11.5 Å². The summed E-state index contributed by atoms with van der Waals surface area (Å²) >= 11 is 0. The number of nitro benzene ring substituents is 1. The normalized spacial score (nSPS) is 13.2. The highest BCUT2D eigenvalue weighted by molar-refractivity contribution is 5.82. The third kappa shape index (κ3) is 7.92. The van der Waals surface area contributed by atoms with Gasteiger partial charge in [-0.05, 0) is 45.4 Å². The van der Waals surface area contributed by atoms with Gasteiger partial charge in [0.1, 0.15) is 0 Å². The second-order valence-corrected chi connectivity index (χ2v) is 5.60. The molecule has 1 rings (SSSR count). The molecule has 1 aromatic carbocycles. The molecule has 132 valence electrons. The van der Waals surface area contributed by atoms with Gasteiger partial charge < -0.3 is 4.74 Å². The van der Waals surface area contributed by atoms with E-state index in [2.05, 4.69) is 0 Å². The summed E-state index contributed by atoms with van der Waals surface area (Å²) in [6.45, 7) is 7.96. The summed E-state index contributed by atoms with van der Waals surface area (Å²) in [5, 5.41) is 10.7. The van der Waals surface area contributed by atoms with Gasteiger partial charge >= 0.3 is 5.97 Å². The molecule has 0 aliphatic rings. The fourth-order valence-corrected chi connectivity index (χ4v) is 2.19. The third-order valence-electron chi connectivity index (χ3n) is 3.18. The van der Waals surface area contributed by atoms with Gasteiger partial charge in [0.25, 0.3) is 5.69 Å². The lowest BCUT2D eigenvalue weighted by Crippen LogP contribution is -1.98. The fraction of sp³-hybridized carbons (Fsp3) is 0.250. The zero-order chi connectivity index (χ0) is 18.8. The van der Waals surface area contributed by atoms with Crippen LogP contribution in [0.5, 0.6) is 0 Å². The molecule has 0 saturated heterocycles.